The zero-order chi connectivity index (χ0) is 25.2. The first-order valence-corrected chi connectivity index (χ1v) is 12.2. The van der Waals surface area contributed by atoms with Gasteiger partial charge in [-0.25, -0.2) is 0 Å². The highest BCUT2D eigenvalue weighted by Gasteiger charge is 2.46. The Morgan fingerprint density at radius 2 is 1.64 bits per heavy atom. The molecule has 0 spiro atoms. The van der Waals surface area contributed by atoms with Crippen molar-refractivity contribution < 1.29 is 28.9 Å². The van der Waals surface area contributed by atoms with Gasteiger partial charge in [0.25, 0.3) is 11.7 Å². The van der Waals surface area contributed by atoms with Gasteiger partial charge in [0.1, 0.15) is 19.0 Å². The van der Waals surface area contributed by atoms with E-state index >= 15 is 0 Å². The number of amides is 1. The number of aliphatic hydroxyl groups excluding tert-OH is 1. The highest BCUT2D eigenvalue weighted by molar-refractivity contribution is 6.46. The molecule has 3 aliphatic heterocycles. The number of ether oxygens (including phenoxy) is 3. The standard InChI is InChI=1S/C27H31N3O6/c1-28(2)20-6-3-18(4-7-20)24-23(25(31)19-5-8-21-22(17-19)36-16-15-35-21)26(32)27(33)30(24)10-9-29-11-13-34-14-12-29/h3-8,17,24,31H,9-16H2,1-2H3/b25-23+/t24-/m1/s1. The van der Waals surface area contributed by atoms with Crippen molar-refractivity contribution in [2.45, 2.75) is 6.04 Å². The van der Waals surface area contributed by atoms with Gasteiger partial charge in [-0.1, -0.05) is 12.1 Å². The fraction of sp³-hybridized carbons (Fsp3) is 0.407. The van der Waals surface area contributed by atoms with E-state index in [1.807, 2.05) is 43.3 Å². The molecule has 1 amide bonds. The lowest BCUT2D eigenvalue weighted by Crippen LogP contribution is -2.42. The minimum Gasteiger partial charge on any atom is -0.507 e. The first-order chi connectivity index (χ1) is 17.4. The van der Waals surface area contributed by atoms with E-state index in [2.05, 4.69) is 4.90 Å². The van der Waals surface area contributed by atoms with E-state index in [0.717, 1.165) is 24.3 Å². The van der Waals surface area contributed by atoms with Crippen LogP contribution in [0.5, 0.6) is 11.5 Å². The lowest BCUT2D eigenvalue weighted by molar-refractivity contribution is -0.140. The Kier molecular flexibility index (Phi) is 6.84. The van der Waals surface area contributed by atoms with Gasteiger partial charge in [-0.2, -0.15) is 0 Å². The summed E-state index contributed by atoms with van der Waals surface area (Å²) in [7, 11) is 3.90. The van der Waals surface area contributed by atoms with E-state index in [-0.39, 0.29) is 11.3 Å². The molecule has 190 valence electrons. The summed E-state index contributed by atoms with van der Waals surface area (Å²) in [5.74, 6) is -0.436. The minimum atomic E-state index is -0.699. The van der Waals surface area contributed by atoms with E-state index in [1.54, 1.807) is 23.1 Å². The molecular formula is C27H31N3O6. The maximum Gasteiger partial charge on any atom is 0.295 e. The molecule has 0 aliphatic carbocycles. The fourth-order valence-electron chi connectivity index (χ4n) is 4.83. The molecule has 5 rings (SSSR count). The molecule has 0 radical (unpaired) electrons. The van der Waals surface area contributed by atoms with Gasteiger partial charge in [0.15, 0.2) is 11.5 Å². The molecule has 9 heteroatoms. The van der Waals surface area contributed by atoms with Crippen LogP contribution in [0.15, 0.2) is 48.0 Å². The van der Waals surface area contributed by atoms with Crippen molar-refractivity contribution in [3.05, 3.63) is 59.2 Å². The largest absolute Gasteiger partial charge is 0.507 e. The number of anilines is 1. The van der Waals surface area contributed by atoms with Crippen molar-refractivity contribution in [1.82, 2.24) is 9.80 Å². The highest BCUT2D eigenvalue weighted by Crippen LogP contribution is 2.41. The Morgan fingerprint density at radius 1 is 0.944 bits per heavy atom. The molecule has 0 unspecified atom stereocenters. The molecule has 2 aromatic rings. The third-order valence-electron chi connectivity index (χ3n) is 6.84. The Balaban J connectivity index is 1.53. The molecule has 2 saturated heterocycles. The molecule has 0 bridgehead atoms. The molecular weight excluding hydrogens is 462 g/mol. The summed E-state index contributed by atoms with van der Waals surface area (Å²) in [6.45, 7) is 4.70. The zero-order valence-corrected chi connectivity index (χ0v) is 20.6. The molecule has 9 nitrogen and oxygen atoms in total. The summed E-state index contributed by atoms with van der Waals surface area (Å²) in [5.41, 5.74) is 2.24. The number of Topliss-reactive ketones (excluding diaryl/α,β-unsaturated/α-hetero) is 1. The Bertz CT molecular complexity index is 1170. The van der Waals surface area contributed by atoms with E-state index in [4.69, 9.17) is 14.2 Å². The van der Waals surface area contributed by atoms with Crippen molar-refractivity contribution >= 4 is 23.1 Å². The van der Waals surface area contributed by atoms with Gasteiger partial charge in [0.2, 0.25) is 0 Å². The summed E-state index contributed by atoms with van der Waals surface area (Å²) in [6, 6.07) is 12.0. The van der Waals surface area contributed by atoms with E-state index in [1.165, 1.54) is 0 Å². The second-order valence-corrected chi connectivity index (χ2v) is 9.29. The number of nitrogens with zero attached hydrogens (tertiary/aromatic N) is 3. The van der Waals surface area contributed by atoms with Gasteiger partial charge in [0, 0.05) is 51.5 Å². The molecule has 3 aliphatic rings. The zero-order valence-electron chi connectivity index (χ0n) is 20.6. The molecule has 36 heavy (non-hydrogen) atoms. The first kappa shape index (κ1) is 24.1. The summed E-state index contributed by atoms with van der Waals surface area (Å²) in [6.07, 6.45) is 0. The Hall–Kier alpha value is -3.56. The van der Waals surface area contributed by atoms with Crippen LogP contribution in [-0.4, -0.2) is 93.3 Å². The predicted octanol–water partition coefficient (Wildman–Crippen LogP) is 2.28. The summed E-state index contributed by atoms with van der Waals surface area (Å²) < 4.78 is 16.7. The van der Waals surface area contributed by atoms with Gasteiger partial charge in [-0.15, -0.1) is 0 Å². The molecule has 1 N–H and O–H groups in total. The highest BCUT2D eigenvalue weighted by atomic mass is 16.6. The topological polar surface area (TPSA) is 91.8 Å². The number of fused-ring (bicyclic) bond motifs is 1. The van der Waals surface area contributed by atoms with Crippen molar-refractivity contribution in [2.75, 3.05) is 71.6 Å². The van der Waals surface area contributed by atoms with Crippen LogP contribution in [0.4, 0.5) is 5.69 Å². The third-order valence-corrected chi connectivity index (χ3v) is 6.84. The van der Waals surface area contributed by atoms with Crippen LogP contribution >= 0.6 is 0 Å². The van der Waals surface area contributed by atoms with Gasteiger partial charge in [-0.3, -0.25) is 14.5 Å². The van der Waals surface area contributed by atoms with Crippen molar-refractivity contribution in [1.29, 1.82) is 0 Å². The van der Waals surface area contributed by atoms with Gasteiger partial charge >= 0.3 is 0 Å². The quantitative estimate of drug-likeness (QED) is 0.372. The number of likely N-dealkylation sites (tertiary alicyclic amines) is 1. The molecule has 0 aromatic heterocycles. The SMILES string of the molecule is CN(C)c1ccc([C@@H]2/C(=C(\O)c3ccc4c(c3)OCCO4)C(=O)C(=O)N2CCN2CCOCC2)cc1. The van der Waals surface area contributed by atoms with Crippen LogP contribution in [0.3, 0.4) is 0 Å². The molecule has 3 heterocycles. The maximum absolute atomic E-state index is 13.3. The average molecular weight is 494 g/mol. The lowest BCUT2D eigenvalue weighted by atomic mass is 9.95. The Labute approximate surface area is 210 Å². The van der Waals surface area contributed by atoms with E-state index in [9.17, 15) is 14.7 Å². The first-order valence-electron chi connectivity index (χ1n) is 12.2. The number of aliphatic hydroxyl groups is 1. The second-order valence-electron chi connectivity index (χ2n) is 9.29. The van der Waals surface area contributed by atoms with Gasteiger partial charge in [-0.05, 0) is 35.9 Å². The number of carbonyl (C=O) groups excluding carboxylic acids is 2. The number of benzene rings is 2. The summed E-state index contributed by atoms with van der Waals surface area (Å²) >= 11 is 0. The number of hydrogen-bond donors (Lipinski definition) is 1. The van der Waals surface area contributed by atoms with E-state index < -0.39 is 17.7 Å². The number of ketones is 1. The third kappa shape index (κ3) is 4.64. The fourth-order valence-corrected chi connectivity index (χ4v) is 4.83. The predicted molar refractivity (Wildman–Crippen MR) is 134 cm³/mol. The summed E-state index contributed by atoms with van der Waals surface area (Å²) in [5, 5.41) is 11.4. The van der Waals surface area contributed by atoms with Crippen LogP contribution in [-0.2, 0) is 14.3 Å². The molecule has 2 fully saturated rings. The lowest BCUT2D eigenvalue weighted by Gasteiger charge is -2.31. The monoisotopic (exact) mass is 493 g/mol. The van der Waals surface area contributed by atoms with E-state index in [0.29, 0.717) is 56.6 Å². The van der Waals surface area contributed by atoms with Crippen LogP contribution < -0.4 is 14.4 Å². The van der Waals surface area contributed by atoms with Crippen molar-refractivity contribution in [2.24, 2.45) is 0 Å². The normalized spacial score (nSPS) is 21.6. The maximum atomic E-state index is 13.3. The van der Waals surface area contributed by atoms with Crippen LogP contribution in [0.1, 0.15) is 17.2 Å². The number of carbonyl (C=O) groups is 2. The molecule has 0 saturated carbocycles. The smallest absolute Gasteiger partial charge is 0.295 e. The summed E-state index contributed by atoms with van der Waals surface area (Å²) in [4.78, 5) is 32.3. The minimum absolute atomic E-state index is 0.0799. The van der Waals surface area contributed by atoms with Crippen molar-refractivity contribution in [3.63, 3.8) is 0 Å². The number of morpholine rings is 1. The number of rotatable bonds is 6. The van der Waals surface area contributed by atoms with Crippen LogP contribution in [0.2, 0.25) is 0 Å². The Morgan fingerprint density at radius 3 is 2.33 bits per heavy atom. The average Bonchev–Trinajstić information content (AvgIpc) is 3.16. The van der Waals surface area contributed by atoms with Gasteiger partial charge < -0.3 is 29.1 Å². The molecule has 1 atom stereocenters. The number of hydrogen-bond acceptors (Lipinski definition) is 8. The second kappa shape index (κ2) is 10.2. The molecule has 2 aromatic carbocycles. The van der Waals surface area contributed by atoms with Crippen molar-refractivity contribution in [3.8, 4) is 11.5 Å². The van der Waals surface area contributed by atoms with Gasteiger partial charge in [0.05, 0.1) is 24.8 Å². The van der Waals surface area contributed by atoms with Crippen LogP contribution in [0, 0.1) is 0 Å². The van der Waals surface area contributed by atoms with Crippen LogP contribution in [0.25, 0.3) is 5.76 Å².